The minimum Gasteiger partial charge on any atom is -0.480 e. The van der Waals surface area contributed by atoms with E-state index in [1.165, 1.54) is 6.20 Å². The summed E-state index contributed by atoms with van der Waals surface area (Å²) in [6, 6.07) is 0.751. The predicted molar refractivity (Wildman–Crippen MR) is 42.9 cm³/mol. The van der Waals surface area contributed by atoms with Crippen molar-refractivity contribution in [3.63, 3.8) is 0 Å². The number of aromatic amines is 1. The summed E-state index contributed by atoms with van der Waals surface area (Å²) in [4.78, 5) is 20.6. The monoisotopic (exact) mass is 183 g/mol. The molecule has 1 atom stereocenters. The van der Waals surface area contributed by atoms with Crippen molar-refractivity contribution in [3.05, 3.63) is 18.0 Å². The van der Waals surface area contributed by atoms with E-state index in [0.717, 1.165) is 0 Å². The Labute approximate surface area is 74.0 Å². The molecule has 0 spiro atoms. The fourth-order valence-corrected chi connectivity index (χ4v) is 0.918. The first-order valence-electron chi connectivity index (χ1n) is 3.65. The van der Waals surface area contributed by atoms with Crippen LogP contribution in [0.4, 0.5) is 0 Å². The maximum Gasteiger partial charge on any atom is 0.326 e. The molecule has 1 aromatic rings. The van der Waals surface area contributed by atoms with Gasteiger partial charge in [0.15, 0.2) is 0 Å². The van der Waals surface area contributed by atoms with Crippen LogP contribution in [0, 0.1) is 0 Å². The Morgan fingerprint density at radius 3 is 3.08 bits per heavy atom. The van der Waals surface area contributed by atoms with Gasteiger partial charge in [0.05, 0.1) is 0 Å². The van der Waals surface area contributed by atoms with E-state index in [4.69, 9.17) is 5.11 Å². The number of amides is 1. The number of aliphatic carboxylic acids is 1. The van der Waals surface area contributed by atoms with Gasteiger partial charge in [-0.15, -0.1) is 0 Å². The standard InChI is InChI=1S/C7H9N3O3/c11-4-8-6(7(12)13)3-5-1-2-9-10-5/h1-2,4,6H,3H2,(H,8,11)(H,9,10)(H,12,13). The zero-order valence-corrected chi connectivity index (χ0v) is 6.73. The molecule has 6 nitrogen and oxygen atoms in total. The van der Waals surface area contributed by atoms with Crippen LogP contribution < -0.4 is 5.32 Å². The van der Waals surface area contributed by atoms with Crippen LogP contribution in [0.15, 0.2) is 12.3 Å². The summed E-state index contributed by atoms with van der Waals surface area (Å²) in [7, 11) is 0. The number of nitrogens with one attached hydrogen (secondary N) is 2. The normalized spacial score (nSPS) is 12.0. The lowest BCUT2D eigenvalue weighted by atomic mass is 10.1. The Balaban J connectivity index is 2.57. The first-order valence-corrected chi connectivity index (χ1v) is 3.65. The average molecular weight is 183 g/mol. The summed E-state index contributed by atoms with van der Waals surface area (Å²) in [5, 5.41) is 17.1. The van der Waals surface area contributed by atoms with Crippen molar-refractivity contribution in [1.82, 2.24) is 15.5 Å². The van der Waals surface area contributed by atoms with E-state index in [-0.39, 0.29) is 6.42 Å². The van der Waals surface area contributed by atoms with Crippen LogP contribution in [0.3, 0.4) is 0 Å². The fraction of sp³-hybridized carbons (Fsp3) is 0.286. The smallest absolute Gasteiger partial charge is 0.326 e. The van der Waals surface area contributed by atoms with E-state index in [0.29, 0.717) is 12.1 Å². The lowest BCUT2D eigenvalue weighted by Crippen LogP contribution is -2.37. The number of nitrogens with zero attached hydrogens (tertiary/aromatic N) is 1. The van der Waals surface area contributed by atoms with E-state index in [9.17, 15) is 9.59 Å². The molecule has 0 bridgehead atoms. The molecule has 1 amide bonds. The first-order chi connectivity index (χ1) is 6.24. The predicted octanol–water partition coefficient (Wildman–Crippen LogP) is -0.849. The van der Waals surface area contributed by atoms with E-state index in [1.54, 1.807) is 6.07 Å². The third kappa shape index (κ3) is 2.58. The van der Waals surface area contributed by atoms with E-state index >= 15 is 0 Å². The lowest BCUT2D eigenvalue weighted by molar-refractivity contribution is -0.140. The highest BCUT2D eigenvalue weighted by molar-refractivity contribution is 5.76. The van der Waals surface area contributed by atoms with Crippen LogP contribution in [-0.4, -0.2) is 33.7 Å². The number of H-pyrrole nitrogens is 1. The minimum absolute atomic E-state index is 0.202. The highest BCUT2D eigenvalue weighted by Crippen LogP contribution is 1.97. The molecule has 6 heteroatoms. The molecule has 0 fully saturated rings. The fourth-order valence-electron chi connectivity index (χ4n) is 0.918. The lowest BCUT2D eigenvalue weighted by Gasteiger charge is -2.08. The number of aromatic nitrogens is 2. The van der Waals surface area contributed by atoms with Gasteiger partial charge >= 0.3 is 5.97 Å². The van der Waals surface area contributed by atoms with Gasteiger partial charge in [-0.3, -0.25) is 9.89 Å². The Hall–Kier alpha value is -1.85. The zero-order valence-electron chi connectivity index (χ0n) is 6.73. The molecule has 13 heavy (non-hydrogen) atoms. The first kappa shape index (κ1) is 9.24. The Morgan fingerprint density at radius 2 is 2.62 bits per heavy atom. The molecule has 0 aromatic carbocycles. The van der Waals surface area contributed by atoms with Gasteiger partial charge in [0, 0.05) is 18.3 Å². The van der Waals surface area contributed by atoms with Crippen molar-refractivity contribution in [2.75, 3.05) is 0 Å². The molecule has 1 aromatic heterocycles. The van der Waals surface area contributed by atoms with Crippen molar-refractivity contribution in [2.45, 2.75) is 12.5 Å². The second-order valence-corrected chi connectivity index (χ2v) is 2.46. The quantitative estimate of drug-likeness (QED) is 0.518. The van der Waals surface area contributed by atoms with Gasteiger partial charge in [0.2, 0.25) is 6.41 Å². The van der Waals surface area contributed by atoms with Crippen LogP contribution in [0.25, 0.3) is 0 Å². The van der Waals surface area contributed by atoms with E-state index in [2.05, 4.69) is 15.5 Å². The third-order valence-electron chi connectivity index (χ3n) is 1.55. The van der Waals surface area contributed by atoms with Crippen LogP contribution in [-0.2, 0) is 16.0 Å². The molecule has 0 aliphatic carbocycles. The van der Waals surface area contributed by atoms with Gasteiger partial charge in [0.25, 0.3) is 0 Å². The van der Waals surface area contributed by atoms with Crippen LogP contribution in [0.5, 0.6) is 0 Å². The highest BCUT2D eigenvalue weighted by Gasteiger charge is 2.16. The van der Waals surface area contributed by atoms with E-state index < -0.39 is 12.0 Å². The molecular formula is C7H9N3O3. The van der Waals surface area contributed by atoms with Gasteiger partial charge in [-0.05, 0) is 6.07 Å². The molecule has 70 valence electrons. The van der Waals surface area contributed by atoms with E-state index in [1.807, 2.05) is 0 Å². The number of hydrogen-bond donors (Lipinski definition) is 3. The van der Waals surface area contributed by atoms with Crippen molar-refractivity contribution >= 4 is 12.4 Å². The number of hydrogen-bond acceptors (Lipinski definition) is 3. The Bertz CT molecular complexity index is 283. The Kier molecular flexibility index (Phi) is 3.02. The molecular weight excluding hydrogens is 174 g/mol. The van der Waals surface area contributed by atoms with Crippen molar-refractivity contribution in [2.24, 2.45) is 0 Å². The molecule has 0 aliphatic rings. The second kappa shape index (κ2) is 4.24. The van der Waals surface area contributed by atoms with Gasteiger partial charge < -0.3 is 10.4 Å². The summed E-state index contributed by atoms with van der Waals surface area (Å²) >= 11 is 0. The number of carboxylic acids is 1. The summed E-state index contributed by atoms with van der Waals surface area (Å²) in [6.07, 6.45) is 2.10. The zero-order chi connectivity index (χ0) is 9.68. The summed E-state index contributed by atoms with van der Waals surface area (Å²) in [5.41, 5.74) is 0.668. The SMILES string of the molecule is O=CNC(Cc1ccn[nH]1)C(=O)O. The maximum atomic E-state index is 10.6. The van der Waals surface area contributed by atoms with Gasteiger partial charge in [-0.1, -0.05) is 0 Å². The van der Waals surface area contributed by atoms with Crippen molar-refractivity contribution < 1.29 is 14.7 Å². The number of carbonyl (C=O) groups is 2. The number of rotatable bonds is 5. The largest absolute Gasteiger partial charge is 0.480 e. The molecule has 0 saturated heterocycles. The van der Waals surface area contributed by atoms with Crippen molar-refractivity contribution in [3.8, 4) is 0 Å². The molecule has 1 unspecified atom stereocenters. The highest BCUT2D eigenvalue weighted by atomic mass is 16.4. The topological polar surface area (TPSA) is 95.1 Å². The average Bonchev–Trinajstić information content (AvgIpc) is 2.56. The maximum absolute atomic E-state index is 10.6. The summed E-state index contributed by atoms with van der Waals surface area (Å²) < 4.78 is 0. The second-order valence-electron chi connectivity index (χ2n) is 2.46. The molecule has 1 heterocycles. The van der Waals surface area contributed by atoms with Gasteiger partial charge in [-0.25, -0.2) is 4.79 Å². The molecule has 1 rings (SSSR count). The third-order valence-corrected chi connectivity index (χ3v) is 1.55. The van der Waals surface area contributed by atoms with Gasteiger partial charge in [-0.2, -0.15) is 5.10 Å². The molecule has 0 radical (unpaired) electrons. The molecule has 0 aliphatic heterocycles. The van der Waals surface area contributed by atoms with Crippen LogP contribution >= 0.6 is 0 Å². The molecule has 3 N–H and O–H groups in total. The van der Waals surface area contributed by atoms with Crippen LogP contribution in [0.2, 0.25) is 0 Å². The summed E-state index contributed by atoms with van der Waals surface area (Å²) in [5.74, 6) is -1.07. The summed E-state index contributed by atoms with van der Waals surface area (Å²) in [6.45, 7) is 0. The number of carbonyl (C=O) groups excluding carboxylic acids is 1. The molecule has 0 saturated carbocycles. The van der Waals surface area contributed by atoms with Gasteiger partial charge in [0.1, 0.15) is 6.04 Å². The van der Waals surface area contributed by atoms with Crippen molar-refractivity contribution in [1.29, 1.82) is 0 Å². The van der Waals surface area contributed by atoms with Crippen LogP contribution in [0.1, 0.15) is 5.69 Å². The minimum atomic E-state index is -1.07. The number of carboxylic acid groups (broad SMARTS) is 1. The Morgan fingerprint density at radius 1 is 1.85 bits per heavy atom.